The van der Waals surface area contributed by atoms with Crippen molar-refractivity contribution in [3.05, 3.63) is 24.3 Å². The largest absolute Gasteiger partial charge is 0.477 e. The first-order valence-electron chi connectivity index (χ1n) is 22.9. The zero-order chi connectivity index (χ0) is 40.7. The van der Waals surface area contributed by atoms with Crippen molar-refractivity contribution in [2.45, 2.75) is 219 Å². The molecule has 0 aliphatic carbocycles. The van der Waals surface area contributed by atoms with Crippen molar-refractivity contribution in [2.75, 3.05) is 41.0 Å². The molecule has 0 amide bonds. The maximum atomic E-state index is 12.7. The van der Waals surface area contributed by atoms with E-state index in [0.29, 0.717) is 19.3 Å². The lowest BCUT2D eigenvalue weighted by molar-refractivity contribution is -0.887. The quantitative estimate of drug-likeness (QED) is 0.0285. The van der Waals surface area contributed by atoms with Crippen LogP contribution < -0.4 is 0 Å². The van der Waals surface area contributed by atoms with E-state index in [1.807, 2.05) is 21.1 Å². The number of carboxylic acid groups (broad SMARTS) is 1. The number of carbonyl (C=O) groups excluding carboxylic acids is 2. The summed E-state index contributed by atoms with van der Waals surface area (Å²) in [6, 6.07) is -0.614. The van der Waals surface area contributed by atoms with Gasteiger partial charge >= 0.3 is 17.9 Å². The lowest BCUT2D eigenvalue weighted by atomic mass is 10.0. The van der Waals surface area contributed by atoms with Gasteiger partial charge in [0, 0.05) is 19.3 Å². The van der Waals surface area contributed by atoms with Crippen LogP contribution in [0.3, 0.4) is 0 Å². The fraction of sp³-hybridized carbons (Fsp3) is 0.851. The van der Waals surface area contributed by atoms with Crippen LogP contribution in [0.15, 0.2) is 24.3 Å². The molecule has 0 fully saturated rings. The van der Waals surface area contributed by atoms with Crippen LogP contribution in [0, 0.1) is 0 Å². The van der Waals surface area contributed by atoms with E-state index in [0.717, 1.165) is 64.2 Å². The molecule has 0 saturated carbocycles. The predicted octanol–water partition coefficient (Wildman–Crippen LogP) is 12.5. The van der Waals surface area contributed by atoms with Crippen LogP contribution >= 0.6 is 0 Å². The number of allylic oxidation sites excluding steroid dienone is 4. The topological polar surface area (TPSA) is 99.1 Å². The van der Waals surface area contributed by atoms with Gasteiger partial charge in [-0.15, -0.1) is 0 Å². The third kappa shape index (κ3) is 37.2. The summed E-state index contributed by atoms with van der Waals surface area (Å²) in [5.74, 6) is -1.47. The predicted molar refractivity (Wildman–Crippen MR) is 229 cm³/mol. The summed E-state index contributed by atoms with van der Waals surface area (Å²) in [5, 5.41) is 9.62. The number of nitrogens with zero attached hydrogens (tertiary/aromatic N) is 1. The highest BCUT2D eigenvalue weighted by molar-refractivity contribution is 5.72. The van der Waals surface area contributed by atoms with E-state index in [9.17, 15) is 19.5 Å². The van der Waals surface area contributed by atoms with Crippen molar-refractivity contribution in [3.63, 3.8) is 0 Å². The molecular weight excluding hydrogens is 691 g/mol. The highest BCUT2D eigenvalue weighted by Crippen LogP contribution is 2.15. The second-order valence-electron chi connectivity index (χ2n) is 16.7. The number of ether oxygens (including phenoxy) is 3. The van der Waals surface area contributed by atoms with Crippen molar-refractivity contribution in [2.24, 2.45) is 0 Å². The number of likely N-dealkylation sites (N-methyl/N-ethyl adjacent to an activating group) is 1. The van der Waals surface area contributed by atoms with Crippen LogP contribution in [-0.2, 0) is 28.6 Å². The maximum absolute atomic E-state index is 12.7. The van der Waals surface area contributed by atoms with Gasteiger partial charge in [0.15, 0.2) is 12.1 Å². The van der Waals surface area contributed by atoms with Crippen molar-refractivity contribution in [1.29, 1.82) is 0 Å². The molecular formula is C47H88NO7+. The maximum Gasteiger partial charge on any atom is 0.362 e. The molecule has 2 unspecified atom stereocenters. The van der Waals surface area contributed by atoms with Crippen LogP contribution in [0.1, 0.15) is 206 Å². The zero-order valence-corrected chi connectivity index (χ0v) is 36.6. The summed E-state index contributed by atoms with van der Waals surface area (Å²) in [6.07, 6.45) is 42.1. The molecule has 0 aromatic rings. The molecule has 0 aliphatic rings. The Morgan fingerprint density at radius 2 is 0.964 bits per heavy atom. The number of carbonyl (C=O) groups is 3. The Morgan fingerprint density at radius 3 is 1.42 bits per heavy atom. The number of hydrogen-bond donors (Lipinski definition) is 1. The number of rotatable bonds is 41. The number of esters is 2. The van der Waals surface area contributed by atoms with Gasteiger partial charge in [-0.05, 0) is 44.9 Å². The molecule has 0 saturated heterocycles. The van der Waals surface area contributed by atoms with Crippen molar-refractivity contribution in [3.8, 4) is 0 Å². The van der Waals surface area contributed by atoms with Gasteiger partial charge in [-0.25, -0.2) is 4.79 Å². The third-order valence-corrected chi connectivity index (χ3v) is 10.4. The SMILES string of the molecule is CCCCCC/C=C\C/C=C\CCCCCCCC(=O)OC(COCCC(C(=O)O)[N+](C)(C)C)COC(=O)CCCCCCCCCCCCCCCCC. The second-order valence-corrected chi connectivity index (χ2v) is 16.7. The standard InChI is InChI=1S/C47H87NO7/c1-6-8-10-12-14-16-18-20-22-24-26-28-30-32-34-36-38-46(50)55-43(41-53-40-39-44(47(51)52)48(3,4)5)42-54-45(49)37-35-33-31-29-27-25-23-21-19-17-15-13-11-9-7-2/h16,18,22,24,43-44H,6-15,17,19-21,23,25-42H2,1-5H3/p+1/b18-16-,24-22-. The highest BCUT2D eigenvalue weighted by atomic mass is 16.6. The Bertz CT molecular complexity index is 957. The van der Waals surface area contributed by atoms with Crippen LogP contribution in [0.2, 0.25) is 0 Å². The molecule has 0 heterocycles. The normalized spacial score (nSPS) is 13.1. The van der Waals surface area contributed by atoms with E-state index in [4.69, 9.17) is 14.2 Å². The average Bonchev–Trinajstić information content (AvgIpc) is 3.14. The first-order chi connectivity index (χ1) is 26.6. The minimum absolute atomic E-state index is 0.0523. The van der Waals surface area contributed by atoms with E-state index < -0.39 is 18.1 Å². The van der Waals surface area contributed by atoms with E-state index in [1.54, 1.807) is 0 Å². The van der Waals surface area contributed by atoms with Crippen molar-refractivity contribution >= 4 is 17.9 Å². The van der Waals surface area contributed by atoms with E-state index >= 15 is 0 Å². The van der Waals surface area contributed by atoms with Crippen molar-refractivity contribution < 1.29 is 38.2 Å². The summed E-state index contributed by atoms with van der Waals surface area (Å²) >= 11 is 0. The summed E-state index contributed by atoms with van der Waals surface area (Å²) in [5.41, 5.74) is 0. The van der Waals surface area contributed by atoms with Gasteiger partial charge in [0.1, 0.15) is 6.61 Å². The lowest BCUT2D eigenvalue weighted by Gasteiger charge is -2.31. The lowest BCUT2D eigenvalue weighted by Crippen LogP contribution is -2.50. The highest BCUT2D eigenvalue weighted by Gasteiger charge is 2.31. The molecule has 0 radical (unpaired) electrons. The Kier molecular flexibility index (Phi) is 37.1. The van der Waals surface area contributed by atoms with Gasteiger partial charge in [-0.2, -0.15) is 0 Å². The number of aliphatic carboxylic acids is 1. The summed E-state index contributed by atoms with van der Waals surface area (Å²) in [7, 11) is 5.53. The van der Waals surface area contributed by atoms with E-state index in [1.165, 1.54) is 109 Å². The minimum Gasteiger partial charge on any atom is -0.477 e. The fourth-order valence-corrected chi connectivity index (χ4v) is 6.77. The number of hydrogen-bond acceptors (Lipinski definition) is 6. The smallest absolute Gasteiger partial charge is 0.362 e. The monoisotopic (exact) mass is 779 g/mol. The molecule has 8 heteroatoms. The molecule has 55 heavy (non-hydrogen) atoms. The van der Waals surface area contributed by atoms with Gasteiger partial charge in [0.05, 0.1) is 34.4 Å². The summed E-state index contributed by atoms with van der Waals surface area (Å²) in [4.78, 5) is 37.0. The van der Waals surface area contributed by atoms with Gasteiger partial charge in [0.2, 0.25) is 0 Å². The Labute approximate surface area is 339 Å². The van der Waals surface area contributed by atoms with Crippen LogP contribution in [0.25, 0.3) is 0 Å². The van der Waals surface area contributed by atoms with Crippen molar-refractivity contribution in [1.82, 2.24) is 0 Å². The molecule has 8 nitrogen and oxygen atoms in total. The molecule has 0 rings (SSSR count). The van der Waals surface area contributed by atoms with Gasteiger partial charge in [-0.3, -0.25) is 9.59 Å². The molecule has 0 aliphatic heterocycles. The van der Waals surface area contributed by atoms with Crippen LogP contribution in [0.4, 0.5) is 0 Å². The number of carboxylic acids is 1. The third-order valence-electron chi connectivity index (χ3n) is 10.4. The number of unbranched alkanes of at least 4 members (excludes halogenated alkanes) is 23. The summed E-state index contributed by atoms with van der Waals surface area (Å²) in [6.45, 7) is 4.72. The van der Waals surface area contributed by atoms with Crippen LogP contribution in [0.5, 0.6) is 0 Å². The van der Waals surface area contributed by atoms with Gasteiger partial charge in [-0.1, -0.05) is 167 Å². The van der Waals surface area contributed by atoms with E-state index in [2.05, 4.69) is 38.2 Å². The molecule has 0 aromatic carbocycles. The Morgan fingerprint density at radius 1 is 0.545 bits per heavy atom. The first kappa shape index (κ1) is 52.8. The number of quaternary nitrogens is 1. The molecule has 0 spiro atoms. The summed E-state index contributed by atoms with van der Waals surface area (Å²) < 4.78 is 17.3. The Balaban J connectivity index is 4.33. The van der Waals surface area contributed by atoms with E-state index in [-0.39, 0.29) is 36.2 Å². The Hall–Kier alpha value is -2.19. The molecule has 0 aromatic heterocycles. The van der Waals surface area contributed by atoms with Gasteiger partial charge in [0.25, 0.3) is 0 Å². The minimum atomic E-state index is -0.875. The zero-order valence-electron chi connectivity index (χ0n) is 36.6. The second kappa shape index (κ2) is 38.7. The van der Waals surface area contributed by atoms with Crippen LogP contribution in [-0.4, -0.2) is 80.6 Å². The molecule has 0 bridgehead atoms. The molecule has 1 N–H and O–H groups in total. The fourth-order valence-electron chi connectivity index (χ4n) is 6.77. The molecule has 322 valence electrons. The average molecular weight is 779 g/mol. The van der Waals surface area contributed by atoms with Gasteiger partial charge < -0.3 is 23.8 Å². The molecule has 2 atom stereocenters. The first-order valence-corrected chi connectivity index (χ1v) is 22.9.